The van der Waals surface area contributed by atoms with E-state index in [-0.39, 0.29) is 11.8 Å². The van der Waals surface area contributed by atoms with E-state index in [9.17, 15) is 14.7 Å². The van der Waals surface area contributed by atoms with Gasteiger partial charge in [0.1, 0.15) is 11.9 Å². The number of fused-ring (bicyclic) bond motifs is 2. The van der Waals surface area contributed by atoms with Crippen molar-refractivity contribution in [1.82, 2.24) is 19.5 Å². The second-order valence-corrected chi connectivity index (χ2v) is 6.49. The zero-order valence-electron chi connectivity index (χ0n) is 12.8. The molecule has 0 bridgehead atoms. The Balaban J connectivity index is 1.69. The summed E-state index contributed by atoms with van der Waals surface area (Å²) < 4.78 is 1.75. The molecule has 1 saturated heterocycles. The molecule has 0 spiro atoms. The number of carboxylic acid groups (broad SMARTS) is 1. The minimum atomic E-state index is -0.894. The normalized spacial score (nSPS) is 26.7. The first kappa shape index (κ1) is 14.2. The summed E-state index contributed by atoms with van der Waals surface area (Å²) in [5, 5.41) is 17.6. The summed E-state index contributed by atoms with van der Waals surface area (Å²) in [6.07, 6.45) is 4.67. The molecule has 2 aliphatic rings. The number of pyridine rings is 1. The minimum absolute atomic E-state index is 0.0943. The number of carbonyl (C=O) groups excluding carboxylic acids is 1. The number of nitrogens with zero attached hydrogens (tertiary/aromatic N) is 4. The molecule has 1 amide bonds. The molecule has 4 rings (SSSR count). The van der Waals surface area contributed by atoms with Crippen LogP contribution in [0.25, 0.3) is 5.65 Å². The number of hydrogen-bond donors (Lipinski definition) is 1. The van der Waals surface area contributed by atoms with Crippen molar-refractivity contribution in [2.75, 3.05) is 6.54 Å². The van der Waals surface area contributed by atoms with E-state index in [0.29, 0.717) is 29.5 Å². The molecule has 120 valence electrons. The highest BCUT2D eigenvalue weighted by Gasteiger charge is 2.49. The van der Waals surface area contributed by atoms with Gasteiger partial charge in [0.05, 0.1) is 5.56 Å². The van der Waals surface area contributed by atoms with Crippen molar-refractivity contribution in [3.05, 3.63) is 29.7 Å². The van der Waals surface area contributed by atoms with Gasteiger partial charge in [-0.3, -0.25) is 9.20 Å². The van der Waals surface area contributed by atoms with Crippen LogP contribution < -0.4 is 0 Å². The predicted molar refractivity (Wildman–Crippen MR) is 81.0 cm³/mol. The molecule has 0 aromatic carbocycles. The van der Waals surface area contributed by atoms with Crippen LogP contribution in [-0.4, -0.2) is 49.1 Å². The van der Waals surface area contributed by atoms with Gasteiger partial charge in [-0.05, 0) is 43.7 Å². The van der Waals surface area contributed by atoms with Crippen LogP contribution in [0.15, 0.2) is 18.3 Å². The van der Waals surface area contributed by atoms with Crippen LogP contribution in [0.1, 0.15) is 35.4 Å². The van der Waals surface area contributed by atoms with Gasteiger partial charge < -0.3 is 10.0 Å². The quantitative estimate of drug-likeness (QED) is 0.904. The fourth-order valence-electron chi connectivity index (χ4n) is 4.13. The molecule has 23 heavy (non-hydrogen) atoms. The lowest BCUT2D eigenvalue weighted by Crippen LogP contribution is -2.43. The van der Waals surface area contributed by atoms with E-state index in [1.54, 1.807) is 22.7 Å². The summed E-state index contributed by atoms with van der Waals surface area (Å²) in [5.74, 6) is -0.00362. The van der Waals surface area contributed by atoms with Gasteiger partial charge in [0.2, 0.25) is 0 Å². The largest absolute Gasteiger partial charge is 0.480 e. The van der Waals surface area contributed by atoms with Crippen molar-refractivity contribution < 1.29 is 14.7 Å². The van der Waals surface area contributed by atoms with E-state index in [0.717, 1.165) is 19.3 Å². The lowest BCUT2D eigenvalue weighted by atomic mass is 9.94. The maximum Gasteiger partial charge on any atom is 0.326 e. The van der Waals surface area contributed by atoms with E-state index < -0.39 is 12.0 Å². The number of aromatic nitrogens is 3. The average molecular weight is 314 g/mol. The fraction of sp³-hybridized carbons (Fsp3) is 0.500. The van der Waals surface area contributed by atoms with E-state index in [1.807, 2.05) is 6.92 Å². The van der Waals surface area contributed by atoms with Crippen molar-refractivity contribution in [2.45, 2.75) is 32.2 Å². The number of likely N-dealkylation sites (tertiary alicyclic amines) is 1. The summed E-state index contributed by atoms with van der Waals surface area (Å²) in [7, 11) is 0. The van der Waals surface area contributed by atoms with Gasteiger partial charge in [0.15, 0.2) is 5.65 Å². The summed E-state index contributed by atoms with van der Waals surface area (Å²) in [4.78, 5) is 26.1. The van der Waals surface area contributed by atoms with Crippen LogP contribution in [0.3, 0.4) is 0 Å². The molecule has 3 unspecified atom stereocenters. The van der Waals surface area contributed by atoms with E-state index in [1.165, 1.54) is 4.90 Å². The number of aliphatic carboxylic acids is 1. The monoisotopic (exact) mass is 314 g/mol. The molecule has 2 fully saturated rings. The average Bonchev–Trinajstić information content (AvgIpc) is 3.20. The molecule has 1 saturated carbocycles. The fourth-order valence-corrected chi connectivity index (χ4v) is 4.13. The van der Waals surface area contributed by atoms with Crippen molar-refractivity contribution >= 4 is 17.5 Å². The highest BCUT2D eigenvalue weighted by molar-refractivity contribution is 5.97. The molecule has 0 radical (unpaired) electrons. The first-order chi connectivity index (χ1) is 11.1. The molecule has 2 aromatic rings. The van der Waals surface area contributed by atoms with E-state index in [2.05, 4.69) is 10.2 Å². The minimum Gasteiger partial charge on any atom is -0.480 e. The van der Waals surface area contributed by atoms with Gasteiger partial charge in [-0.1, -0.05) is 6.42 Å². The zero-order chi connectivity index (χ0) is 16.1. The Hall–Kier alpha value is -2.44. The summed E-state index contributed by atoms with van der Waals surface area (Å²) in [6, 6.07) is 2.73. The molecule has 7 heteroatoms. The van der Waals surface area contributed by atoms with Crippen LogP contribution in [0, 0.1) is 18.8 Å². The maximum absolute atomic E-state index is 12.9. The third-order valence-electron chi connectivity index (χ3n) is 5.22. The van der Waals surface area contributed by atoms with Crippen molar-refractivity contribution in [1.29, 1.82) is 0 Å². The molecule has 7 nitrogen and oxygen atoms in total. The van der Waals surface area contributed by atoms with Crippen molar-refractivity contribution in [3.8, 4) is 0 Å². The van der Waals surface area contributed by atoms with Crippen LogP contribution in [0.2, 0.25) is 0 Å². The molecule has 2 aromatic heterocycles. The lowest BCUT2D eigenvalue weighted by molar-refractivity contribution is -0.142. The first-order valence-electron chi connectivity index (χ1n) is 7.91. The molecule has 1 aliphatic carbocycles. The number of rotatable bonds is 2. The number of hydrogen-bond acceptors (Lipinski definition) is 4. The third-order valence-corrected chi connectivity index (χ3v) is 5.22. The van der Waals surface area contributed by atoms with Gasteiger partial charge in [0.25, 0.3) is 5.91 Å². The molecule has 1 aliphatic heterocycles. The van der Waals surface area contributed by atoms with Crippen molar-refractivity contribution in [2.24, 2.45) is 11.8 Å². The molecule has 3 heterocycles. The first-order valence-corrected chi connectivity index (χ1v) is 7.91. The molecular weight excluding hydrogens is 296 g/mol. The Kier molecular flexibility index (Phi) is 3.11. The SMILES string of the molecule is Cc1nnc2ccc(C(=O)N3CC4CCCC4C3C(=O)O)cn12. The van der Waals surface area contributed by atoms with Crippen LogP contribution in [0.5, 0.6) is 0 Å². The second-order valence-electron chi connectivity index (χ2n) is 6.49. The summed E-state index contributed by atoms with van der Waals surface area (Å²) in [6.45, 7) is 2.36. The Labute approximate surface area is 132 Å². The maximum atomic E-state index is 12.9. The highest BCUT2D eigenvalue weighted by Crippen LogP contribution is 2.42. The summed E-state index contributed by atoms with van der Waals surface area (Å²) >= 11 is 0. The van der Waals surface area contributed by atoms with Gasteiger partial charge in [-0.2, -0.15) is 0 Å². The second kappa shape index (κ2) is 5.04. The predicted octanol–water partition coefficient (Wildman–Crippen LogP) is 1.36. The molecule has 1 N–H and O–H groups in total. The Morgan fingerprint density at radius 2 is 2.09 bits per heavy atom. The molecular formula is C16H18N4O3. The number of aryl methyl sites for hydroxylation is 1. The third kappa shape index (κ3) is 2.10. The Morgan fingerprint density at radius 1 is 1.26 bits per heavy atom. The van der Waals surface area contributed by atoms with Crippen LogP contribution in [0.4, 0.5) is 0 Å². The zero-order valence-corrected chi connectivity index (χ0v) is 12.8. The van der Waals surface area contributed by atoms with Crippen LogP contribution >= 0.6 is 0 Å². The number of carbonyl (C=O) groups is 2. The van der Waals surface area contributed by atoms with Gasteiger partial charge >= 0.3 is 5.97 Å². The topological polar surface area (TPSA) is 87.8 Å². The summed E-state index contributed by atoms with van der Waals surface area (Å²) in [5.41, 5.74) is 1.15. The Morgan fingerprint density at radius 3 is 2.87 bits per heavy atom. The van der Waals surface area contributed by atoms with Gasteiger partial charge in [-0.25, -0.2) is 4.79 Å². The number of amides is 1. The smallest absolute Gasteiger partial charge is 0.326 e. The molecule has 3 atom stereocenters. The van der Waals surface area contributed by atoms with Gasteiger partial charge in [0, 0.05) is 12.7 Å². The Bertz CT molecular complexity index is 800. The highest BCUT2D eigenvalue weighted by atomic mass is 16.4. The standard InChI is InChI=1S/C16H18N4O3/c1-9-17-18-13-6-5-11(8-19(9)13)15(21)20-7-10-3-2-4-12(10)14(20)16(22)23/h5-6,8,10,12,14H,2-4,7H2,1H3,(H,22,23). The number of carboxylic acids is 1. The van der Waals surface area contributed by atoms with Gasteiger partial charge in [-0.15, -0.1) is 10.2 Å². The van der Waals surface area contributed by atoms with E-state index >= 15 is 0 Å². The van der Waals surface area contributed by atoms with Crippen LogP contribution in [-0.2, 0) is 4.79 Å². The van der Waals surface area contributed by atoms with Crippen molar-refractivity contribution in [3.63, 3.8) is 0 Å². The van der Waals surface area contributed by atoms with E-state index in [4.69, 9.17) is 0 Å². The lowest BCUT2D eigenvalue weighted by Gasteiger charge is -2.24.